The van der Waals surface area contributed by atoms with E-state index < -0.39 is 5.51 Å². The fourth-order valence-corrected chi connectivity index (χ4v) is 2.04. The number of nitrogens with one attached hydrogen (secondary N) is 2. The minimum atomic E-state index is -4.19. The van der Waals surface area contributed by atoms with Crippen molar-refractivity contribution in [3.63, 3.8) is 0 Å². The molecule has 0 spiro atoms. The van der Waals surface area contributed by atoms with Crippen molar-refractivity contribution in [1.82, 2.24) is 9.97 Å². The summed E-state index contributed by atoms with van der Waals surface area (Å²) in [4.78, 5) is 8.40. The van der Waals surface area contributed by atoms with Gasteiger partial charge in [-0.3, -0.25) is 0 Å². The van der Waals surface area contributed by atoms with Crippen LogP contribution < -0.4 is 10.6 Å². The highest BCUT2D eigenvalue weighted by atomic mass is 32.2. The number of rotatable bonds is 7. The van der Waals surface area contributed by atoms with E-state index in [0.29, 0.717) is 23.3 Å². The molecule has 4 nitrogen and oxygen atoms in total. The fourth-order valence-electron chi connectivity index (χ4n) is 1.22. The van der Waals surface area contributed by atoms with Gasteiger partial charge >= 0.3 is 5.51 Å². The molecule has 0 fully saturated rings. The Morgan fingerprint density at radius 2 is 1.84 bits per heavy atom. The first-order valence-corrected chi connectivity index (χ1v) is 7.77. The Kier molecular flexibility index (Phi) is 6.56. The number of anilines is 2. The average Bonchev–Trinajstić information content (AvgIpc) is 2.34. The first kappa shape index (κ1) is 16.2. The molecular formula is C10H15F3N4S2. The predicted octanol–water partition coefficient (Wildman–Crippen LogP) is 3.30. The van der Waals surface area contributed by atoms with Gasteiger partial charge in [0.2, 0.25) is 0 Å². The molecule has 1 heterocycles. The van der Waals surface area contributed by atoms with Crippen LogP contribution in [0, 0.1) is 0 Å². The number of hydrogen-bond donors (Lipinski definition) is 2. The first-order chi connectivity index (χ1) is 8.94. The highest BCUT2D eigenvalue weighted by Crippen LogP contribution is 2.29. The highest BCUT2D eigenvalue weighted by molar-refractivity contribution is 8.00. The Morgan fingerprint density at radius 1 is 1.21 bits per heavy atom. The van der Waals surface area contributed by atoms with Gasteiger partial charge in [-0.05, 0) is 24.9 Å². The molecule has 0 saturated carbocycles. The van der Waals surface area contributed by atoms with Crippen LogP contribution in [-0.4, -0.2) is 40.6 Å². The van der Waals surface area contributed by atoms with Crippen LogP contribution in [0.4, 0.5) is 24.8 Å². The van der Waals surface area contributed by atoms with E-state index in [2.05, 4.69) is 20.6 Å². The van der Waals surface area contributed by atoms with Crippen molar-refractivity contribution in [1.29, 1.82) is 0 Å². The van der Waals surface area contributed by atoms with Crippen LogP contribution in [-0.2, 0) is 0 Å². The molecular weight excluding hydrogens is 297 g/mol. The predicted molar refractivity (Wildman–Crippen MR) is 75.0 cm³/mol. The van der Waals surface area contributed by atoms with E-state index in [1.54, 1.807) is 6.07 Å². The van der Waals surface area contributed by atoms with Gasteiger partial charge in [-0.25, -0.2) is 9.97 Å². The Morgan fingerprint density at radius 3 is 2.37 bits per heavy atom. The largest absolute Gasteiger partial charge is 0.441 e. The summed E-state index contributed by atoms with van der Waals surface area (Å²) in [6.45, 7) is 2.85. The van der Waals surface area contributed by atoms with Crippen molar-refractivity contribution < 1.29 is 13.2 Å². The molecule has 1 aromatic heterocycles. The van der Waals surface area contributed by atoms with Crippen molar-refractivity contribution in [3.05, 3.63) is 6.07 Å². The number of hydrogen-bond acceptors (Lipinski definition) is 6. The molecule has 0 aliphatic rings. The molecule has 1 rings (SSSR count). The summed E-state index contributed by atoms with van der Waals surface area (Å²) < 4.78 is 35.9. The number of alkyl halides is 3. The van der Waals surface area contributed by atoms with Crippen molar-refractivity contribution in [2.45, 2.75) is 17.6 Å². The zero-order valence-electron chi connectivity index (χ0n) is 10.5. The lowest BCUT2D eigenvalue weighted by molar-refractivity contribution is -0.0327. The minimum Gasteiger partial charge on any atom is -0.370 e. The molecule has 0 amide bonds. The maximum Gasteiger partial charge on any atom is 0.441 e. The van der Waals surface area contributed by atoms with Gasteiger partial charge in [-0.2, -0.15) is 13.2 Å². The van der Waals surface area contributed by atoms with E-state index in [4.69, 9.17) is 0 Å². The van der Waals surface area contributed by atoms with Crippen LogP contribution in [0.1, 0.15) is 6.92 Å². The third-order valence-corrected chi connectivity index (χ3v) is 3.20. The SMILES string of the molecule is CCNc1cc(NCCSC(F)(F)F)nc(SC)n1. The van der Waals surface area contributed by atoms with Crippen LogP contribution in [0.5, 0.6) is 0 Å². The zero-order valence-corrected chi connectivity index (χ0v) is 12.2. The molecule has 1 aromatic rings. The van der Waals surface area contributed by atoms with Gasteiger partial charge in [0.1, 0.15) is 11.6 Å². The summed E-state index contributed by atoms with van der Waals surface area (Å²) in [6.07, 6.45) is 1.84. The molecule has 0 atom stereocenters. The Hall–Kier alpha value is -0.830. The monoisotopic (exact) mass is 312 g/mol. The normalized spacial score (nSPS) is 11.4. The van der Waals surface area contributed by atoms with Gasteiger partial charge in [-0.15, -0.1) is 0 Å². The topological polar surface area (TPSA) is 49.8 Å². The van der Waals surface area contributed by atoms with Crippen molar-refractivity contribution in [2.75, 3.05) is 35.7 Å². The summed E-state index contributed by atoms with van der Waals surface area (Å²) in [6, 6.07) is 1.68. The maximum absolute atomic E-state index is 12.0. The van der Waals surface area contributed by atoms with Gasteiger partial charge in [0.15, 0.2) is 5.16 Å². The quantitative estimate of drug-likeness (QED) is 0.458. The standard InChI is InChI=1S/C10H15F3N4S2/c1-3-14-7-6-8(17-9(16-7)18-2)15-4-5-19-10(11,12)13/h6H,3-5H2,1-2H3,(H2,14,15,16,17). The fraction of sp³-hybridized carbons (Fsp3) is 0.600. The third-order valence-electron chi connectivity index (χ3n) is 1.92. The molecule has 0 unspecified atom stereocenters. The van der Waals surface area contributed by atoms with E-state index in [0.717, 1.165) is 0 Å². The van der Waals surface area contributed by atoms with E-state index >= 15 is 0 Å². The van der Waals surface area contributed by atoms with E-state index in [9.17, 15) is 13.2 Å². The molecule has 0 aliphatic carbocycles. The first-order valence-electron chi connectivity index (χ1n) is 5.56. The zero-order chi connectivity index (χ0) is 14.3. The van der Waals surface area contributed by atoms with Gasteiger partial charge in [0, 0.05) is 24.9 Å². The van der Waals surface area contributed by atoms with Crippen molar-refractivity contribution >= 4 is 35.2 Å². The molecule has 0 aliphatic heterocycles. The molecule has 0 saturated heterocycles. The van der Waals surface area contributed by atoms with E-state index in [1.165, 1.54) is 11.8 Å². The molecule has 0 radical (unpaired) electrons. The lowest BCUT2D eigenvalue weighted by atomic mass is 10.5. The summed E-state index contributed by atoms with van der Waals surface area (Å²) in [5, 5.41) is 6.49. The highest BCUT2D eigenvalue weighted by Gasteiger charge is 2.27. The summed E-state index contributed by atoms with van der Waals surface area (Å²) in [5.74, 6) is 1.13. The van der Waals surface area contributed by atoms with Gasteiger partial charge in [-0.1, -0.05) is 11.8 Å². The maximum atomic E-state index is 12.0. The van der Waals surface area contributed by atoms with Crippen LogP contribution >= 0.6 is 23.5 Å². The minimum absolute atomic E-state index is 0.0495. The van der Waals surface area contributed by atoms with Crippen LogP contribution in [0.15, 0.2) is 11.2 Å². The van der Waals surface area contributed by atoms with Gasteiger partial charge in [0.05, 0.1) is 0 Å². The van der Waals surface area contributed by atoms with Crippen molar-refractivity contribution in [2.24, 2.45) is 0 Å². The molecule has 0 bridgehead atoms. The van der Waals surface area contributed by atoms with Crippen LogP contribution in [0.2, 0.25) is 0 Å². The van der Waals surface area contributed by atoms with E-state index in [1.807, 2.05) is 13.2 Å². The lowest BCUT2D eigenvalue weighted by Crippen LogP contribution is -2.11. The smallest absolute Gasteiger partial charge is 0.370 e. The Bertz CT molecular complexity index is 401. The summed E-state index contributed by atoms with van der Waals surface area (Å²) in [7, 11) is 0. The Labute approximate surface area is 118 Å². The molecule has 108 valence electrons. The van der Waals surface area contributed by atoms with E-state index in [-0.39, 0.29) is 24.1 Å². The number of nitrogens with zero attached hydrogens (tertiary/aromatic N) is 2. The second-order valence-electron chi connectivity index (χ2n) is 3.38. The second kappa shape index (κ2) is 7.68. The molecule has 2 N–H and O–H groups in total. The summed E-state index contributed by atoms with van der Waals surface area (Å²) >= 11 is 1.33. The third kappa shape index (κ3) is 6.76. The number of thioether (sulfide) groups is 2. The van der Waals surface area contributed by atoms with Gasteiger partial charge < -0.3 is 10.6 Å². The van der Waals surface area contributed by atoms with Crippen molar-refractivity contribution in [3.8, 4) is 0 Å². The number of halogens is 3. The Balaban J connectivity index is 2.54. The van der Waals surface area contributed by atoms with Crippen LogP contribution in [0.3, 0.4) is 0 Å². The molecule has 0 aromatic carbocycles. The average molecular weight is 312 g/mol. The molecule has 19 heavy (non-hydrogen) atoms. The number of aromatic nitrogens is 2. The molecule has 9 heteroatoms. The summed E-state index contributed by atoms with van der Waals surface area (Å²) in [5.41, 5.74) is -4.19. The van der Waals surface area contributed by atoms with Gasteiger partial charge in [0.25, 0.3) is 0 Å². The van der Waals surface area contributed by atoms with Crippen LogP contribution in [0.25, 0.3) is 0 Å². The lowest BCUT2D eigenvalue weighted by Gasteiger charge is -2.10. The second-order valence-corrected chi connectivity index (χ2v) is 5.31.